The van der Waals surface area contributed by atoms with E-state index in [1.165, 1.54) is 44.0 Å². The zero-order chi connectivity index (χ0) is 87.2. The monoisotopic (exact) mass is 1600 g/mol. The fourth-order valence-electron chi connectivity index (χ4n) is 6.11. The smallest absolute Gasteiger partial charge is 0.361 e. The van der Waals surface area contributed by atoms with E-state index in [1.54, 1.807) is 141 Å². The summed E-state index contributed by atoms with van der Waals surface area (Å²) in [7, 11) is 15.8. The number of carbonyl (C=O) groups is 3. The lowest BCUT2D eigenvalue weighted by molar-refractivity contribution is -0.126. The van der Waals surface area contributed by atoms with Gasteiger partial charge in [-0.1, -0.05) is 63.1 Å². The molecule has 0 saturated carbocycles. The van der Waals surface area contributed by atoms with Gasteiger partial charge in [-0.25, -0.2) is 44.2 Å². The van der Waals surface area contributed by atoms with Crippen molar-refractivity contribution in [3.63, 3.8) is 0 Å². The normalized spacial score (nSPS) is 10.1. The number of nitrogen functional groups attached to an aromatic ring is 1. The van der Waals surface area contributed by atoms with Gasteiger partial charge in [0.2, 0.25) is 41.3 Å². The Morgan fingerprint density at radius 1 is 0.632 bits per heavy atom. The van der Waals surface area contributed by atoms with Crippen molar-refractivity contribution in [1.29, 1.82) is 0 Å². The molecule has 0 radical (unpaired) electrons. The molecule has 114 heavy (non-hydrogen) atoms. The van der Waals surface area contributed by atoms with Crippen molar-refractivity contribution in [2.75, 3.05) is 33.4 Å². The number of nitrogens with one attached hydrogen (secondary N) is 6. The molecule has 628 valence electrons. The summed E-state index contributed by atoms with van der Waals surface area (Å²) in [5.74, 6) is 9.43. The van der Waals surface area contributed by atoms with Gasteiger partial charge in [-0.05, 0) is 91.7 Å². The van der Waals surface area contributed by atoms with Gasteiger partial charge in [-0.2, -0.15) is 54.9 Å². The Balaban J connectivity index is 0. The third-order valence-electron chi connectivity index (χ3n) is 12.4. The molecule has 1 saturated heterocycles. The Morgan fingerprint density at radius 2 is 1.19 bits per heavy atom. The van der Waals surface area contributed by atoms with Crippen molar-refractivity contribution in [3.8, 4) is 0 Å². The van der Waals surface area contributed by atoms with Crippen LogP contribution >= 0.6 is 0 Å². The summed E-state index contributed by atoms with van der Waals surface area (Å²) in [6.07, 6.45) is 19.0. The SMILES string of the molecule is CC(=O)N(C)C.CC(C)(C)N1CC1=O.CNC(C)=O.Cc1ccccn1.Cc1cnc[nH]1.Cc1n[nH]c(=O)[nH]1.Cc1nc(C(C)C)no1.Cc1nc(C(C)C)no1.Cc1nc(N)no1.Cc1nccn1C.Cc1nn(C)c(=O)[nH]1.Cc1nnn(C)n1.Cc1noc(C(C)C)n1.Cn1ccnc1.Cn1cnc(=O)[nH]1.Cn1nccn1. The Kier molecular flexibility index (Phi) is 51.1. The number of rotatable bonds is 3. The van der Waals surface area contributed by atoms with Crippen LogP contribution in [-0.2, 0) is 56.7 Å². The van der Waals surface area contributed by atoms with Crippen LogP contribution in [0.15, 0.2) is 119 Å². The quantitative estimate of drug-likeness (QED) is 0.108. The van der Waals surface area contributed by atoms with E-state index in [4.69, 9.17) is 19.3 Å². The van der Waals surface area contributed by atoms with E-state index in [0.29, 0.717) is 71.2 Å². The summed E-state index contributed by atoms with van der Waals surface area (Å²) in [5, 5.41) is 47.1. The molecule has 45 nitrogen and oxygen atoms in total. The minimum atomic E-state index is -0.303. The number of H-pyrrole nitrogens is 5. The summed E-state index contributed by atoms with van der Waals surface area (Å²) in [4.78, 5) is 110. The number of hydrogen-bond acceptors (Lipinski definition) is 31. The van der Waals surface area contributed by atoms with Crippen molar-refractivity contribution in [2.45, 2.75) is 169 Å². The van der Waals surface area contributed by atoms with Crippen LogP contribution in [-0.4, -0.2) is 215 Å². The van der Waals surface area contributed by atoms with Crippen molar-refractivity contribution in [3.05, 3.63) is 194 Å². The Bertz CT molecular complexity index is 4390. The molecule has 0 spiro atoms. The number of imidazole rings is 3. The molecular formula is C69H117N35O10. The van der Waals surface area contributed by atoms with Gasteiger partial charge in [0.15, 0.2) is 23.3 Å². The summed E-state index contributed by atoms with van der Waals surface area (Å²) in [6, 6.07) is 5.86. The highest BCUT2D eigenvalue weighted by Crippen LogP contribution is 2.22. The van der Waals surface area contributed by atoms with E-state index in [1.807, 2.05) is 149 Å². The Hall–Kier alpha value is -13.4. The maximum absolute atomic E-state index is 10.5. The van der Waals surface area contributed by atoms with Crippen LogP contribution in [0, 0.1) is 69.2 Å². The predicted molar refractivity (Wildman–Crippen MR) is 423 cm³/mol. The molecule has 1 aliphatic rings. The second-order valence-corrected chi connectivity index (χ2v) is 25.6. The van der Waals surface area contributed by atoms with Crippen molar-refractivity contribution in [1.82, 2.24) is 170 Å². The average molecular weight is 1600 g/mol. The maximum atomic E-state index is 10.5. The summed E-state index contributed by atoms with van der Waals surface area (Å²) in [6.45, 7) is 40.2. The molecule has 0 aliphatic carbocycles. The van der Waals surface area contributed by atoms with Crippen LogP contribution in [0.5, 0.6) is 0 Å². The van der Waals surface area contributed by atoms with Crippen LogP contribution in [0.4, 0.5) is 5.95 Å². The molecule has 0 aromatic carbocycles. The molecule has 3 amide bonds. The first-order valence-corrected chi connectivity index (χ1v) is 34.9. The molecule has 13 aromatic rings. The zero-order valence-corrected chi connectivity index (χ0v) is 71.2. The fraction of sp³-hybridized carbons (Fsp3) is 0.507. The van der Waals surface area contributed by atoms with Gasteiger partial charge in [0.05, 0.1) is 32.1 Å². The standard InChI is InChI=1S/3C6H10N2O.C6H11NO.C6H7N.C5H8N2.C4H7N3O.2C4H6N2.C4H9NO.C3H6N4.3C3H5N3O.C3H5N3.C3H7NO/c2*1-4(2)6-7-5(3)9-8-6;1-4(2)6-7-5(3)8-9-6;1-6(2,3)7-4-5(7)8;1-6-4-2-3-5-7-6;1-5-6-3-4-7(5)2;1-3-5-4(8)7(2)6-3;1-4-2-5-3-6-4;1-6-3-2-5-4-6;1-4(6)5(2)3;1-3-4-6-7(2)5-3;1-6-2-4-3(7)5-6;1-2-5-3(4)6-7-2;1-2-4-3(7)6-5-2;1-6-4-2-3-5-6;1-3(5)4-2/h3*4H,1-3H3;4H2,1-3H3;2-5H,1H3;3-4H,1-2H3;1-2H3,(H,5,6,8);2-3H,1H3,(H,5,6);2-4H,1H3;1-3H3;1-2H3;2H,1H3,(H,5,7);1H3,(H2,4,6);1H3,(H2,4,5,6,7);2-3H,1H3;1-2H3,(H,4,5). The Labute approximate surface area is 661 Å². The number of nitrogens with two attached hydrogens (primary N) is 1. The minimum Gasteiger partial charge on any atom is -0.365 e. The first kappa shape index (κ1) is 103. The number of anilines is 1. The number of aryl methyl sites for hydroxylation is 16. The first-order chi connectivity index (χ1) is 53.3. The van der Waals surface area contributed by atoms with Gasteiger partial charge in [-0.15, -0.1) is 10.2 Å². The molecule has 1 fully saturated rings. The van der Waals surface area contributed by atoms with E-state index in [-0.39, 0.29) is 46.3 Å². The molecule has 13 aromatic heterocycles. The van der Waals surface area contributed by atoms with E-state index in [9.17, 15) is 28.8 Å². The van der Waals surface area contributed by atoms with Crippen LogP contribution < -0.4 is 28.1 Å². The molecule has 14 heterocycles. The molecule has 0 atom stereocenters. The lowest BCUT2D eigenvalue weighted by atomic mass is 10.1. The van der Waals surface area contributed by atoms with E-state index in [0.717, 1.165) is 28.9 Å². The molecule has 1 aliphatic heterocycles. The predicted octanol–water partition coefficient (Wildman–Crippen LogP) is 5.46. The average Bonchev–Trinajstić information content (AvgIpc) is 1.66. The molecule has 8 N–H and O–H groups in total. The first-order valence-electron chi connectivity index (χ1n) is 34.9. The molecular weight excluding hydrogens is 1480 g/mol. The third kappa shape index (κ3) is 55.0. The molecule has 14 rings (SSSR count). The van der Waals surface area contributed by atoms with Gasteiger partial charge in [0.1, 0.15) is 30.3 Å². The van der Waals surface area contributed by atoms with Gasteiger partial charge in [0.25, 0.3) is 5.95 Å². The van der Waals surface area contributed by atoms with E-state index in [2.05, 4.69) is 136 Å². The highest BCUT2D eigenvalue weighted by Gasteiger charge is 2.39. The van der Waals surface area contributed by atoms with Crippen LogP contribution in [0.1, 0.15) is 170 Å². The number of aromatic nitrogens is 31. The van der Waals surface area contributed by atoms with Crippen molar-refractivity contribution < 1.29 is 32.5 Å². The highest BCUT2D eigenvalue weighted by atomic mass is 16.5. The van der Waals surface area contributed by atoms with Crippen LogP contribution in [0.25, 0.3) is 0 Å². The van der Waals surface area contributed by atoms with Gasteiger partial charge in [0, 0.05) is 163 Å². The third-order valence-corrected chi connectivity index (χ3v) is 12.4. The Morgan fingerprint density at radius 3 is 1.32 bits per heavy atom. The molecule has 45 heteroatoms. The fourth-order valence-corrected chi connectivity index (χ4v) is 6.11. The van der Waals surface area contributed by atoms with Gasteiger partial charge < -0.3 is 53.1 Å². The second-order valence-electron chi connectivity index (χ2n) is 25.6. The lowest BCUT2D eigenvalue weighted by Crippen LogP contribution is -2.26. The van der Waals surface area contributed by atoms with Crippen LogP contribution in [0.2, 0.25) is 0 Å². The summed E-state index contributed by atoms with van der Waals surface area (Å²) in [5.41, 5.74) is 6.59. The van der Waals surface area contributed by atoms with E-state index < -0.39 is 0 Å². The number of amides is 3. The minimum absolute atomic E-state index is 0.00463. The van der Waals surface area contributed by atoms with Gasteiger partial charge >= 0.3 is 17.1 Å². The summed E-state index contributed by atoms with van der Waals surface area (Å²) >= 11 is 0. The molecule has 0 bridgehead atoms. The number of carbonyl (C=O) groups excluding carboxylic acids is 3. The number of pyridine rings is 1. The maximum Gasteiger partial charge on any atom is 0.361 e. The summed E-state index contributed by atoms with van der Waals surface area (Å²) < 4.78 is 25.5. The second kappa shape index (κ2) is 56.8. The highest BCUT2D eigenvalue weighted by molar-refractivity contribution is 5.93. The van der Waals surface area contributed by atoms with Crippen LogP contribution in [0.3, 0.4) is 0 Å². The van der Waals surface area contributed by atoms with Gasteiger partial charge in [-0.3, -0.25) is 34.0 Å². The van der Waals surface area contributed by atoms with Crippen molar-refractivity contribution >= 4 is 23.7 Å². The topological polar surface area (TPSA) is 566 Å². The van der Waals surface area contributed by atoms with Crippen molar-refractivity contribution in [2.24, 2.45) is 42.3 Å². The largest absolute Gasteiger partial charge is 0.365 e. The number of hydrogen-bond donors (Lipinski definition) is 7. The number of aromatic amines is 5. The zero-order valence-electron chi connectivity index (χ0n) is 71.2. The molecule has 0 unspecified atom stereocenters. The number of tetrazole rings is 1. The lowest BCUT2D eigenvalue weighted by Gasteiger charge is -2.18. The number of nitrogens with zero attached hydrogens (tertiary/aromatic N) is 28. The van der Waals surface area contributed by atoms with E-state index >= 15 is 0 Å².